The summed E-state index contributed by atoms with van der Waals surface area (Å²) in [5, 5.41) is 16.8. The molecule has 0 unspecified atom stereocenters. The maximum Gasteiger partial charge on any atom is 0.138 e. The molecule has 120 valence electrons. The van der Waals surface area contributed by atoms with E-state index in [0.717, 1.165) is 23.0 Å². The van der Waals surface area contributed by atoms with Crippen LogP contribution in [0.2, 0.25) is 0 Å². The first kappa shape index (κ1) is 17.7. The standard InChI is InChI=1S/C16H30N4O/c1-10-11(17-9)18-13(14(2,3)4)19-12(10)20-15(5,6)16(7,8)21/h21H,1-9H3,(H2,17,18,19,20). The fraction of sp³-hybridized carbons (Fsp3) is 0.750. The number of aliphatic hydroxyl groups is 1. The number of aromatic nitrogens is 2. The van der Waals surface area contributed by atoms with Gasteiger partial charge < -0.3 is 15.7 Å². The predicted octanol–water partition coefficient (Wildman–Crippen LogP) is 3.09. The molecule has 1 heterocycles. The summed E-state index contributed by atoms with van der Waals surface area (Å²) >= 11 is 0. The molecule has 0 spiro atoms. The number of hydrogen-bond acceptors (Lipinski definition) is 5. The molecule has 0 radical (unpaired) electrons. The lowest BCUT2D eigenvalue weighted by molar-refractivity contribution is 0.0238. The van der Waals surface area contributed by atoms with E-state index in [2.05, 4.69) is 41.4 Å². The topological polar surface area (TPSA) is 70.1 Å². The van der Waals surface area contributed by atoms with E-state index in [9.17, 15) is 5.11 Å². The Morgan fingerprint density at radius 2 is 1.38 bits per heavy atom. The van der Waals surface area contributed by atoms with Gasteiger partial charge in [0.2, 0.25) is 0 Å². The summed E-state index contributed by atoms with van der Waals surface area (Å²) in [6, 6.07) is 0. The largest absolute Gasteiger partial charge is 0.388 e. The van der Waals surface area contributed by atoms with Crippen LogP contribution in [0.5, 0.6) is 0 Å². The Bertz CT molecular complexity index is 510. The molecule has 5 heteroatoms. The zero-order valence-corrected chi connectivity index (χ0v) is 14.8. The van der Waals surface area contributed by atoms with Gasteiger partial charge in [0.25, 0.3) is 0 Å². The van der Waals surface area contributed by atoms with Gasteiger partial charge in [-0.05, 0) is 34.6 Å². The van der Waals surface area contributed by atoms with Gasteiger partial charge in [-0.1, -0.05) is 20.8 Å². The second-order valence-corrected chi connectivity index (χ2v) is 7.68. The number of hydrogen-bond donors (Lipinski definition) is 3. The summed E-state index contributed by atoms with van der Waals surface area (Å²) in [5.41, 5.74) is -0.602. The van der Waals surface area contributed by atoms with E-state index in [0.29, 0.717) is 0 Å². The summed E-state index contributed by atoms with van der Waals surface area (Å²) in [7, 11) is 1.85. The highest BCUT2D eigenvalue weighted by Gasteiger charge is 2.36. The lowest BCUT2D eigenvalue weighted by Gasteiger charge is -2.39. The minimum absolute atomic E-state index is 0.144. The highest BCUT2D eigenvalue weighted by molar-refractivity contribution is 5.58. The van der Waals surface area contributed by atoms with E-state index in [4.69, 9.17) is 0 Å². The zero-order chi connectivity index (χ0) is 16.6. The average molecular weight is 294 g/mol. The Morgan fingerprint density at radius 3 is 1.76 bits per heavy atom. The van der Waals surface area contributed by atoms with E-state index in [1.54, 1.807) is 13.8 Å². The molecule has 1 aromatic heterocycles. The van der Waals surface area contributed by atoms with Crippen molar-refractivity contribution in [1.82, 2.24) is 9.97 Å². The molecule has 0 aliphatic heterocycles. The van der Waals surface area contributed by atoms with Gasteiger partial charge in [0.1, 0.15) is 17.5 Å². The van der Waals surface area contributed by atoms with Crippen LogP contribution in [0.1, 0.15) is 59.9 Å². The van der Waals surface area contributed by atoms with E-state index in [-0.39, 0.29) is 5.41 Å². The van der Waals surface area contributed by atoms with Crippen LogP contribution in [0.4, 0.5) is 11.6 Å². The SMILES string of the molecule is CNc1nc(C(C)(C)C)nc(NC(C)(C)C(C)(C)O)c1C. The molecule has 0 saturated carbocycles. The summed E-state index contributed by atoms with van der Waals surface area (Å²) in [4.78, 5) is 9.27. The summed E-state index contributed by atoms with van der Waals surface area (Å²) in [6.07, 6.45) is 0. The molecule has 0 saturated heterocycles. The van der Waals surface area contributed by atoms with Crippen molar-refractivity contribution in [2.45, 2.75) is 71.9 Å². The van der Waals surface area contributed by atoms with Gasteiger partial charge in [-0.25, -0.2) is 9.97 Å². The van der Waals surface area contributed by atoms with E-state index < -0.39 is 11.1 Å². The van der Waals surface area contributed by atoms with Crippen molar-refractivity contribution in [3.8, 4) is 0 Å². The molecule has 0 aliphatic carbocycles. The third-order valence-corrected chi connectivity index (χ3v) is 4.01. The Morgan fingerprint density at radius 1 is 0.905 bits per heavy atom. The molecule has 0 aromatic carbocycles. The van der Waals surface area contributed by atoms with E-state index in [1.807, 2.05) is 27.8 Å². The predicted molar refractivity (Wildman–Crippen MR) is 89.0 cm³/mol. The molecule has 0 aliphatic rings. The van der Waals surface area contributed by atoms with Crippen molar-refractivity contribution in [3.05, 3.63) is 11.4 Å². The molecular formula is C16H30N4O. The smallest absolute Gasteiger partial charge is 0.138 e. The zero-order valence-electron chi connectivity index (χ0n) is 14.8. The van der Waals surface area contributed by atoms with Gasteiger partial charge >= 0.3 is 0 Å². The van der Waals surface area contributed by atoms with Crippen LogP contribution in [0, 0.1) is 6.92 Å². The second-order valence-electron chi connectivity index (χ2n) is 7.68. The average Bonchev–Trinajstić information content (AvgIpc) is 2.28. The van der Waals surface area contributed by atoms with Crippen LogP contribution in [0.15, 0.2) is 0 Å². The van der Waals surface area contributed by atoms with Gasteiger partial charge in [-0.15, -0.1) is 0 Å². The normalized spacial score (nSPS) is 13.2. The van der Waals surface area contributed by atoms with Crippen LogP contribution in [0.3, 0.4) is 0 Å². The first-order chi connectivity index (χ1) is 9.29. The maximum absolute atomic E-state index is 10.3. The van der Waals surface area contributed by atoms with Gasteiger partial charge in [0.05, 0.1) is 11.1 Å². The van der Waals surface area contributed by atoms with Crippen molar-refractivity contribution in [2.75, 3.05) is 17.7 Å². The highest BCUT2D eigenvalue weighted by Crippen LogP contribution is 2.30. The molecule has 5 nitrogen and oxygen atoms in total. The van der Waals surface area contributed by atoms with Crippen molar-refractivity contribution in [2.24, 2.45) is 0 Å². The highest BCUT2D eigenvalue weighted by atomic mass is 16.3. The number of nitrogens with zero attached hydrogens (tertiary/aromatic N) is 2. The molecule has 1 rings (SSSR count). The Balaban J connectivity index is 3.36. The van der Waals surface area contributed by atoms with Crippen LogP contribution < -0.4 is 10.6 Å². The monoisotopic (exact) mass is 294 g/mol. The van der Waals surface area contributed by atoms with Gasteiger partial charge in [-0.3, -0.25) is 0 Å². The first-order valence-electron chi connectivity index (χ1n) is 7.37. The van der Waals surface area contributed by atoms with Crippen molar-refractivity contribution >= 4 is 11.6 Å². The van der Waals surface area contributed by atoms with E-state index in [1.165, 1.54) is 0 Å². The van der Waals surface area contributed by atoms with Gasteiger partial charge in [0.15, 0.2) is 0 Å². The quantitative estimate of drug-likeness (QED) is 0.796. The first-order valence-corrected chi connectivity index (χ1v) is 7.37. The molecule has 0 amide bonds. The van der Waals surface area contributed by atoms with Crippen molar-refractivity contribution in [1.29, 1.82) is 0 Å². The molecule has 0 bridgehead atoms. The minimum atomic E-state index is -0.883. The molecule has 1 aromatic rings. The summed E-state index contributed by atoms with van der Waals surface area (Å²) < 4.78 is 0. The van der Waals surface area contributed by atoms with Crippen molar-refractivity contribution in [3.63, 3.8) is 0 Å². The van der Waals surface area contributed by atoms with Crippen LogP contribution in [0.25, 0.3) is 0 Å². The van der Waals surface area contributed by atoms with Gasteiger partial charge in [-0.2, -0.15) is 0 Å². The minimum Gasteiger partial charge on any atom is -0.388 e. The summed E-state index contributed by atoms with van der Waals surface area (Å²) in [5.74, 6) is 2.34. The van der Waals surface area contributed by atoms with Crippen LogP contribution in [-0.4, -0.2) is 33.3 Å². The molecule has 3 N–H and O–H groups in total. The fourth-order valence-corrected chi connectivity index (χ4v) is 1.67. The van der Waals surface area contributed by atoms with Gasteiger partial charge in [0, 0.05) is 18.0 Å². The fourth-order valence-electron chi connectivity index (χ4n) is 1.67. The maximum atomic E-state index is 10.3. The number of rotatable bonds is 4. The summed E-state index contributed by atoms with van der Waals surface area (Å²) in [6.45, 7) is 15.7. The van der Waals surface area contributed by atoms with E-state index >= 15 is 0 Å². The lowest BCUT2D eigenvalue weighted by atomic mass is 9.86. The van der Waals surface area contributed by atoms with Crippen LogP contribution >= 0.6 is 0 Å². The number of nitrogens with one attached hydrogen (secondary N) is 2. The molecule has 0 fully saturated rings. The Labute approximate surface area is 128 Å². The third-order valence-electron chi connectivity index (χ3n) is 4.01. The van der Waals surface area contributed by atoms with Crippen molar-refractivity contribution < 1.29 is 5.11 Å². The third kappa shape index (κ3) is 3.84. The number of anilines is 2. The Kier molecular flexibility index (Phi) is 4.59. The Hall–Kier alpha value is -1.36. The second kappa shape index (κ2) is 5.44. The molecule has 0 atom stereocenters. The lowest BCUT2D eigenvalue weighted by Crippen LogP contribution is -2.51. The molecule has 21 heavy (non-hydrogen) atoms. The molecular weight excluding hydrogens is 264 g/mol. The van der Waals surface area contributed by atoms with Crippen LogP contribution in [-0.2, 0) is 5.41 Å².